The Balaban J connectivity index is 2.26. The molecule has 0 radical (unpaired) electrons. The third-order valence-corrected chi connectivity index (χ3v) is 5.43. The highest BCUT2D eigenvalue weighted by atomic mass is 35.5. The molecule has 1 heterocycles. The molecule has 3 rings (SSSR count). The van der Waals surface area contributed by atoms with Gasteiger partial charge in [0.05, 0.1) is 15.2 Å². The first-order valence-electron chi connectivity index (χ1n) is 7.89. The molecule has 9 heteroatoms. The molecule has 0 aliphatic heterocycles. The first kappa shape index (κ1) is 19.2. The molecular formula is C18H13ClF2N2O3S. The molecule has 3 aromatic rings. The van der Waals surface area contributed by atoms with E-state index in [-0.39, 0.29) is 16.8 Å². The number of benzene rings is 2. The average molecular weight is 411 g/mol. The minimum atomic E-state index is -1.09. The van der Waals surface area contributed by atoms with Crippen LogP contribution < -0.4 is 4.80 Å². The highest BCUT2D eigenvalue weighted by Crippen LogP contribution is 2.29. The van der Waals surface area contributed by atoms with Crippen LogP contribution in [-0.2, 0) is 4.79 Å². The van der Waals surface area contributed by atoms with Gasteiger partial charge in [0, 0.05) is 11.6 Å². The van der Waals surface area contributed by atoms with Gasteiger partial charge in [-0.25, -0.2) is 13.6 Å². The van der Waals surface area contributed by atoms with Gasteiger partial charge in [0.15, 0.2) is 4.80 Å². The molecule has 1 atom stereocenters. The van der Waals surface area contributed by atoms with Crippen LogP contribution in [0.2, 0.25) is 5.02 Å². The lowest BCUT2D eigenvalue weighted by atomic mass is 10.2. The number of aliphatic carboxylic acids is 1. The van der Waals surface area contributed by atoms with Crippen LogP contribution in [0.4, 0.5) is 8.78 Å². The molecule has 1 N–H and O–H groups in total. The summed E-state index contributed by atoms with van der Waals surface area (Å²) in [6, 6.07) is 6.38. The second kappa shape index (κ2) is 7.58. The van der Waals surface area contributed by atoms with Crippen LogP contribution in [0.5, 0.6) is 0 Å². The third kappa shape index (κ3) is 3.77. The Morgan fingerprint density at radius 1 is 1.26 bits per heavy atom. The van der Waals surface area contributed by atoms with Crippen molar-refractivity contribution in [3.05, 3.63) is 63.4 Å². The van der Waals surface area contributed by atoms with Crippen molar-refractivity contribution in [3.63, 3.8) is 0 Å². The molecule has 0 aliphatic rings. The Hall–Kier alpha value is -2.58. The summed E-state index contributed by atoms with van der Waals surface area (Å²) in [7, 11) is 0. The van der Waals surface area contributed by atoms with Crippen LogP contribution in [-0.4, -0.2) is 21.6 Å². The molecule has 0 aliphatic carbocycles. The van der Waals surface area contributed by atoms with Crippen molar-refractivity contribution in [3.8, 4) is 0 Å². The smallest absolute Gasteiger partial charge is 0.326 e. The fourth-order valence-electron chi connectivity index (χ4n) is 2.71. The van der Waals surface area contributed by atoms with Crippen molar-refractivity contribution in [2.75, 3.05) is 0 Å². The highest BCUT2D eigenvalue weighted by molar-refractivity contribution is 7.17. The summed E-state index contributed by atoms with van der Waals surface area (Å²) in [6.45, 7) is 1.69. The van der Waals surface area contributed by atoms with Gasteiger partial charge in [0.25, 0.3) is 5.91 Å². The number of fused-ring (bicyclic) bond motifs is 1. The molecule has 0 fully saturated rings. The number of carbonyl (C=O) groups is 2. The van der Waals surface area contributed by atoms with E-state index in [1.807, 2.05) is 0 Å². The predicted molar refractivity (Wildman–Crippen MR) is 98.0 cm³/mol. The van der Waals surface area contributed by atoms with E-state index < -0.39 is 29.6 Å². The second-order valence-electron chi connectivity index (χ2n) is 5.68. The van der Waals surface area contributed by atoms with E-state index in [0.29, 0.717) is 21.3 Å². The molecule has 0 bridgehead atoms. The van der Waals surface area contributed by atoms with Gasteiger partial charge < -0.3 is 9.67 Å². The zero-order valence-electron chi connectivity index (χ0n) is 13.9. The Labute approximate surface area is 161 Å². The molecule has 0 saturated heterocycles. The van der Waals surface area contributed by atoms with Gasteiger partial charge in [-0.15, -0.1) is 0 Å². The van der Waals surface area contributed by atoms with E-state index in [9.17, 15) is 23.5 Å². The Bertz CT molecular complexity index is 1100. The lowest BCUT2D eigenvalue weighted by molar-refractivity contribution is -0.140. The first-order valence-corrected chi connectivity index (χ1v) is 9.08. The molecule has 5 nitrogen and oxygen atoms in total. The zero-order valence-corrected chi connectivity index (χ0v) is 15.5. The SMILES string of the molecule is CCC(C(=O)O)n1c(=NC(=O)c2cc(F)cc(F)c2)sc2c(Cl)cccc21. The van der Waals surface area contributed by atoms with E-state index in [1.54, 1.807) is 25.1 Å². The molecule has 140 valence electrons. The zero-order chi connectivity index (χ0) is 19.7. The number of carboxylic acid groups (broad SMARTS) is 1. The van der Waals surface area contributed by atoms with E-state index in [0.717, 1.165) is 23.5 Å². The number of rotatable bonds is 4. The lowest BCUT2D eigenvalue weighted by Gasteiger charge is -2.13. The van der Waals surface area contributed by atoms with Crippen LogP contribution >= 0.6 is 22.9 Å². The summed E-state index contributed by atoms with van der Waals surface area (Å²) in [4.78, 5) is 28.1. The number of carbonyl (C=O) groups excluding carboxylic acids is 1. The van der Waals surface area contributed by atoms with E-state index in [1.165, 1.54) is 4.57 Å². The standard InChI is InChI=1S/C18H13ClF2N2O3S/c1-2-13(17(25)26)23-14-5-3-4-12(19)15(14)27-18(23)22-16(24)9-6-10(20)8-11(21)7-9/h3-8,13H,2H2,1H3,(H,25,26). The molecule has 1 aromatic heterocycles. The molecule has 1 unspecified atom stereocenters. The van der Waals surface area contributed by atoms with Crippen molar-refractivity contribution < 1.29 is 23.5 Å². The minimum Gasteiger partial charge on any atom is -0.480 e. The molecule has 0 saturated carbocycles. The topological polar surface area (TPSA) is 71.7 Å². The van der Waals surface area contributed by atoms with Crippen LogP contribution in [0, 0.1) is 11.6 Å². The van der Waals surface area contributed by atoms with Crippen LogP contribution in [0.15, 0.2) is 41.4 Å². The van der Waals surface area contributed by atoms with Crippen LogP contribution in [0.25, 0.3) is 10.2 Å². The molecule has 2 aromatic carbocycles. The van der Waals surface area contributed by atoms with Gasteiger partial charge in [-0.2, -0.15) is 4.99 Å². The molecule has 1 amide bonds. The fraction of sp³-hybridized carbons (Fsp3) is 0.167. The minimum absolute atomic E-state index is 0.0852. The number of amides is 1. The summed E-state index contributed by atoms with van der Waals surface area (Å²) in [5, 5.41) is 9.93. The molecular weight excluding hydrogens is 398 g/mol. The van der Waals surface area contributed by atoms with Crippen LogP contribution in [0.1, 0.15) is 29.7 Å². The van der Waals surface area contributed by atoms with Gasteiger partial charge in [0.1, 0.15) is 17.7 Å². The second-order valence-corrected chi connectivity index (χ2v) is 7.06. The molecule has 27 heavy (non-hydrogen) atoms. The number of halogens is 3. The Kier molecular flexibility index (Phi) is 5.38. The number of aromatic nitrogens is 1. The normalized spacial score (nSPS) is 13.1. The van der Waals surface area contributed by atoms with Gasteiger partial charge in [-0.1, -0.05) is 35.9 Å². The number of hydrogen-bond donors (Lipinski definition) is 1. The monoisotopic (exact) mass is 410 g/mol. The summed E-state index contributed by atoms with van der Waals surface area (Å²) < 4.78 is 28.7. The summed E-state index contributed by atoms with van der Waals surface area (Å²) in [5.41, 5.74) is 0.240. The number of nitrogens with zero attached hydrogens (tertiary/aromatic N) is 2. The summed E-state index contributed by atoms with van der Waals surface area (Å²) >= 11 is 7.22. The quantitative estimate of drug-likeness (QED) is 0.692. The average Bonchev–Trinajstić information content (AvgIpc) is 2.94. The highest BCUT2D eigenvalue weighted by Gasteiger charge is 2.23. The van der Waals surface area contributed by atoms with Gasteiger partial charge in [0.2, 0.25) is 0 Å². The van der Waals surface area contributed by atoms with Crippen molar-refractivity contribution >= 4 is 45.0 Å². The molecule has 0 spiro atoms. The Morgan fingerprint density at radius 3 is 2.52 bits per heavy atom. The van der Waals surface area contributed by atoms with Gasteiger partial charge in [-0.3, -0.25) is 4.79 Å². The van der Waals surface area contributed by atoms with E-state index in [2.05, 4.69) is 4.99 Å². The number of hydrogen-bond acceptors (Lipinski definition) is 3. The fourth-order valence-corrected chi connectivity index (χ4v) is 4.06. The Morgan fingerprint density at radius 2 is 1.93 bits per heavy atom. The maximum atomic E-state index is 13.4. The maximum absolute atomic E-state index is 13.4. The van der Waals surface area contributed by atoms with E-state index >= 15 is 0 Å². The van der Waals surface area contributed by atoms with Gasteiger partial charge >= 0.3 is 5.97 Å². The van der Waals surface area contributed by atoms with E-state index in [4.69, 9.17) is 11.6 Å². The maximum Gasteiger partial charge on any atom is 0.326 e. The summed E-state index contributed by atoms with van der Waals surface area (Å²) in [5.74, 6) is -3.79. The predicted octanol–water partition coefficient (Wildman–Crippen LogP) is 4.41. The number of thiazole rings is 1. The van der Waals surface area contributed by atoms with Crippen molar-refractivity contribution in [1.29, 1.82) is 0 Å². The number of carboxylic acids is 1. The largest absolute Gasteiger partial charge is 0.480 e. The lowest BCUT2D eigenvalue weighted by Crippen LogP contribution is -2.27. The van der Waals surface area contributed by atoms with Crippen molar-refractivity contribution in [2.24, 2.45) is 4.99 Å². The van der Waals surface area contributed by atoms with Gasteiger partial charge in [-0.05, 0) is 30.7 Å². The third-order valence-electron chi connectivity index (χ3n) is 3.90. The van der Waals surface area contributed by atoms with Crippen LogP contribution in [0.3, 0.4) is 0 Å². The van der Waals surface area contributed by atoms with Crippen molar-refractivity contribution in [1.82, 2.24) is 4.57 Å². The first-order chi connectivity index (χ1) is 12.8. The van der Waals surface area contributed by atoms with Crippen molar-refractivity contribution in [2.45, 2.75) is 19.4 Å². The summed E-state index contributed by atoms with van der Waals surface area (Å²) in [6.07, 6.45) is 0.240.